The Morgan fingerprint density at radius 1 is 1.60 bits per heavy atom. The SMILES string of the molecule is Cc1ccc(/C=C/CCl)s1. The molecule has 0 saturated carbocycles. The van der Waals surface area contributed by atoms with E-state index in [0.29, 0.717) is 5.88 Å². The number of rotatable bonds is 2. The van der Waals surface area contributed by atoms with Gasteiger partial charge in [0, 0.05) is 15.6 Å². The second-order valence-corrected chi connectivity index (χ2v) is 3.63. The molecule has 0 fully saturated rings. The van der Waals surface area contributed by atoms with Gasteiger partial charge in [-0.25, -0.2) is 0 Å². The van der Waals surface area contributed by atoms with Crippen LogP contribution in [-0.4, -0.2) is 5.88 Å². The third kappa shape index (κ3) is 2.16. The zero-order chi connectivity index (χ0) is 7.40. The molecule has 0 nitrogen and oxygen atoms in total. The van der Waals surface area contributed by atoms with Gasteiger partial charge in [0.2, 0.25) is 0 Å². The van der Waals surface area contributed by atoms with Crippen LogP contribution in [0.15, 0.2) is 18.2 Å². The molecule has 0 aliphatic heterocycles. The third-order valence-corrected chi connectivity index (χ3v) is 2.28. The lowest BCUT2D eigenvalue weighted by atomic mass is 10.4. The van der Waals surface area contributed by atoms with E-state index in [2.05, 4.69) is 19.1 Å². The minimum Gasteiger partial charge on any atom is -0.141 e. The van der Waals surface area contributed by atoms with Crippen LogP contribution in [0.3, 0.4) is 0 Å². The van der Waals surface area contributed by atoms with E-state index in [9.17, 15) is 0 Å². The lowest BCUT2D eigenvalue weighted by molar-refractivity contribution is 1.64. The summed E-state index contributed by atoms with van der Waals surface area (Å²) in [6.45, 7) is 2.10. The number of hydrogen-bond donors (Lipinski definition) is 0. The summed E-state index contributed by atoms with van der Waals surface area (Å²) >= 11 is 7.26. The highest BCUT2D eigenvalue weighted by Crippen LogP contribution is 2.16. The Balaban J connectivity index is 2.67. The van der Waals surface area contributed by atoms with E-state index in [0.717, 1.165) is 0 Å². The molecular weight excluding hydrogens is 164 g/mol. The molecule has 0 saturated heterocycles. The molecule has 0 N–H and O–H groups in total. The van der Waals surface area contributed by atoms with E-state index in [4.69, 9.17) is 11.6 Å². The lowest BCUT2D eigenvalue weighted by Crippen LogP contribution is -1.58. The Morgan fingerprint density at radius 3 is 2.90 bits per heavy atom. The molecule has 0 unspecified atom stereocenters. The molecule has 1 rings (SSSR count). The number of hydrogen-bond acceptors (Lipinski definition) is 1. The molecule has 0 aromatic carbocycles. The van der Waals surface area contributed by atoms with Gasteiger partial charge in [-0.05, 0) is 25.1 Å². The van der Waals surface area contributed by atoms with Crippen LogP contribution in [0.1, 0.15) is 9.75 Å². The minimum atomic E-state index is 0.594. The Morgan fingerprint density at radius 2 is 2.40 bits per heavy atom. The second-order valence-electron chi connectivity index (χ2n) is 2.01. The number of aryl methyl sites for hydroxylation is 1. The van der Waals surface area contributed by atoms with Crippen molar-refractivity contribution in [3.05, 3.63) is 28.0 Å². The number of thiophene rings is 1. The zero-order valence-corrected chi connectivity index (χ0v) is 7.38. The Hall–Kier alpha value is -0.270. The first-order valence-corrected chi connectivity index (χ1v) is 4.47. The predicted octanol–water partition coefficient (Wildman–Crippen LogP) is 3.31. The maximum absolute atomic E-state index is 5.48. The zero-order valence-electron chi connectivity index (χ0n) is 5.80. The summed E-state index contributed by atoms with van der Waals surface area (Å²) < 4.78 is 0. The molecule has 1 aromatic rings. The van der Waals surface area contributed by atoms with Crippen LogP contribution in [0.5, 0.6) is 0 Å². The fraction of sp³-hybridized carbons (Fsp3) is 0.250. The molecule has 0 amide bonds. The van der Waals surface area contributed by atoms with Crippen molar-refractivity contribution >= 4 is 29.0 Å². The second kappa shape index (κ2) is 3.79. The highest BCUT2D eigenvalue weighted by atomic mass is 35.5. The highest BCUT2D eigenvalue weighted by molar-refractivity contribution is 7.12. The van der Waals surface area contributed by atoms with E-state index >= 15 is 0 Å². The van der Waals surface area contributed by atoms with Gasteiger partial charge in [-0.1, -0.05) is 6.08 Å². The minimum absolute atomic E-state index is 0.594. The smallest absolute Gasteiger partial charge is 0.0407 e. The topological polar surface area (TPSA) is 0 Å². The lowest BCUT2D eigenvalue weighted by Gasteiger charge is -1.79. The number of allylic oxidation sites excluding steroid dienone is 1. The van der Waals surface area contributed by atoms with Crippen molar-refractivity contribution in [1.82, 2.24) is 0 Å². The van der Waals surface area contributed by atoms with Gasteiger partial charge < -0.3 is 0 Å². The molecule has 0 atom stereocenters. The van der Waals surface area contributed by atoms with Gasteiger partial charge >= 0.3 is 0 Å². The Labute approximate surface area is 70.1 Å². The van der Waals surface area contributed by atoms with Crippen LogP contribution in [0.2, 0.25) is 0 Å². The van der Waals surface area contributed by atoms with Crippen molar-refractivity contribution in [3.8, 4) is 0 Å². The predicted molar refractivity (Wildman–Crippen MR) is 48.8 cm³/mol. The van der Waals surface area contributed by atoms with Crippen molar-refractivity contribution in [2.24, 2.45) is 0 Å². The first-order valence-electron chi connectivity index (χ1n) is 3.12. The average Bonchev–Trinajstić information content (AvgIpc) is 2.31. The fourth-order valence-electron chi connectivity index (χ4n) is 0.704. The Kier molecular flexibility index (Phi) is 2.97. The average molecular weight is 173 g/mol. The van der Waals surface area contributed by atoms with Crippen molar-refractivity contribution in [1.29, 1.82) is 0 Å². The molecule has 1 heterocycles. The molecule has 0 bridgehead atoms. The van der Waals surface area contributed by atoms with Crippen molar-refractivity contribution in [3.63, 3.8) is 0 Å². The van der Waals surface area contributed by atoms with Crippen LogP contribution >= 0.6 is 22.9 Å². The van der Waals surface area contributed by atoms with Crippen LogP contribution in [-0.2, 0) is 0 Å². The summed E-state index contributed by atoms with van der Waals surface area (Å²) in [6.07, 6.45) is 4.00. The quantitative estimate of drug-likeness (QED) is 0.601. The summed E-state index contributed by atoms with van der Waals surface area (Å²) in [7, 11) is 0. The summed E-state index contributed by atoms with van der Waals surface area (Å²) in [5, 5.41) is 0. The normalized spacial score (nSPS) is 11.0. The van der Waals surface area contributed by atoms with Crippen LogP contribution < -0.4 is 0 Å². The van der Waals surface area contributed by atoms with Crippen molar-refractivity contribution in [2.75, 3.05) is 5.88 Å². The standard InChI is InChI=1S/C8H9ClS/c1-7-4-5-8(10-7)3-2-6-9/h2-5H,6H2,1H3/b3-2+. The maximum atomic E-state index is 5.48. The summed E-state index contributed by atoms with van der Waals surface area (Å²) in [4.78, 5) is 2.62. The summed E-state index contributed by atoms with van der Waals surface area (Å²) in [5.41, 5.74) is 0. The molecule has 0 aliphatic rings. The molecule has 2 heteroatoms. The maximum Gasteiger partial charge on any atom is 0.0407 e. The van der Waals surface area contributed by atoms with Crippen LogP contribution in [0, 0.1) is 6.92 Å². The third-order valence-electron chi connectivity index (χ3n) is 1.13. The van der Waals surface area contributed by atoms with Gasteiger partial charge in [0.25, 0.3) is 0 Å². The van der Waals surface area contributed by atoms with Gasteiger partial charge in [-0.2, -0.15) is 0 Å². The van der Waals surface area contributed by atoms with E-state index in [-0.39, 0.29) is 0 Å². The van der Waals surface area contributed by atoms with E-state index in [1.807, 2.05) is 12.2 Å². The van der Waals surface area contributed by atoms with Crippen molar-refractivity contribution < 1.29 is 0 Å². The summed E-state index contributed by atoms with van der Waals surface area (Å²) in [6, 6.07) is 4.21. The number of halogens is 1. The van der Waals surface area contributed by atoms with Gasteiger partial charge in [-0.15, -0.1) is 22.9 Å². The first-order chi connectivity index (χ1) is 4.83. The van der Waals surface area contributed by atoms with Gasteiger partial charge in [0.15, 0.2) is 0 Å². The molecule has 0 radical (unpaired) electrons. The van der Waals surface area contributed by atoms with E-state index in [1.165, 1.54) is 9.75 Å². The van der Waals surface area contributed by atoms with Gasteiger partial charge in [0.05, 0.1) is 0 Å². The van der Waals surface area contributed by atoms with Crippen LogP contribution in [0.25, 0.3) is 6.08 Å². The molecule has 0 spiro atoms. The molecule has 54 valence electrons. The molecular formula is C8H9ClS. The highest BCUT2D eigenvalue weighted by Gasteiger charge is 1.88. The van der Waals surface area contributed by atoms with E-state index < -0.39 is 0 Å². The van der Waals surface area contributed by atoms with Crippen LogP contribution in [0.4, 0.5) is 0 Å². The monoisotopic (exact) mass is 172 g/mol. The largest absolute Gasteiger partial charge is 0.141 e. The van der Waals surface area contributed by atoms with Crippen molar-refractivity contribution in [2.45, 2.75) is 6.92 Å². The summed E-state index contributed by atoms with van der Waals surface area (Å²) in [5.74, 6) is 0.594. The molecule has 1 aromatic heterocycles. The van der Waals surface area contributed by atoms with Gasteiger partial charge in [-0.3, -0.25) is 0 Å². The fourth-order valence-corrected chi connectivity index (χ4v) is 1.60. The molecule has 10 heavy (non-hydrogen) atoms. The first kappa shape index (κ1) is 7.83. The van der Waals surface area contributed by atoms with E-state index in [1.54, 1.807) is 11.3 Å². The number of alkyl halides is 1. The Bertz CT molecular complexity index is 225. The molecule has 0 aliphatic carbocycles. The van der Waals surface area contributed by atoms with Gasteiger partial charge in [0.1, 0.15) is 0 Å².